The third-order valence-corrected chi connectivity index (χ3v) is 4.22. The van der Waals surface area contributed by atoms with Crippen molar-refractivity contribution in [2.75, 3.05) is 7.11 Å². The Hall–Kier alpha value is -1.35. The molecule has 0 aliphatic carbocycles. The van der Waals surface area contributed by atoms with Gasteiger partial charge in [-0.1, -0.05) is 0 Å². The molecule has 2 unspecified atom stereocenters. The summed E-state index contributed by atoms with van der Waals surface area (Å²) < 4.78 is 5.12. The molecule has 18 heavy (non-hydrogen) atoms. The van der Waals surface area contributed by atoms with Gasteiger partial charge >= 0.3 is 0 Å². The Labute approximate surface area is 108 Å². The average Bonchev–Trinajstić information content (AvgIpc) is 2.77. The second-order valence-corrected chi connectivity index (χ2v) is 5.40. The smallest absolute Gasteiger partial charge is 0.166 e. The van der Waals surface area contributed by atoms with Gasteiger partial charge < -0.3 is 10.1 Å². The van der Waals surface area contributed by atoms with Crippen LogP contribution in [0.2, 0.25) is 0 Å². The zero-order chi connectivity index (χ0) is 12.5. The van der Waals surface area contributed by atoms with Crippen LogP contribution in [-0.4, -0.2) is 25.0 Å². The van der Waals surface area contributed by atoms with Crippen LogP contribution in [0.3, 0.4) is 0 Å². The van der Waals surface area contributed by atoms with E-state index in [4.69, 9.17) is 4.74 Å². The summed E-state index contributed by atoms with van der Waals surface area (Å²) in [4.78, 5) is 12.4. The number of benzene rings is 1. The summed E-state index contributed by atoms with van der Waals surface area (Å²) in [5.41, 5.74) is 0.821. The molecule has 2 fully saturated rings. The Morgan fingerprint density at radius 2 is 1.78 bits per heavy atom. The highest BCUT2D eigenvalue weighted by Crippen LogP contribution is 2.33. The van der Waals surface area contributed by atoms with Gasteiger partial charge in [0.1, 0.15) is 5.75 Å². The number of ether oxygens (including phenoxy) is 1. The first-order valence-corrected chi connectivity index (χ1v) is 6.70. The van der Waals surface area contributed by atoms with Gasteiger partial charge in [-0.25, -0.2) is 0 Å². The van der Waals surface area contributed by atoms with Gasteiger partial charge in [0.25, 0.3) is 0 Å². The predicted molar refractivity (Wildman–Crippen MR) is 70.0 cm³/mol. The van der Waals surface area contributed by atoms with E-state index in [0.717, 1.165) is 24.2 Å². The summed E-state index contributed by atoms with van der Waals surface area (Å²) in [7, 11) is 1.64. The fraction of sp³-hybridized carbons (Fsp3) is 0.533. The molecular formula is C15H19NO2. The van der Waals surface area contributed by atoms with Crippen LogP contribution >= 0.6 is 0 Å². The molecule has 2 aliphatic heterocycles. The fourth-order valence-electron chi connectivity index (χ4n) is 3.26. The predicted octanol–water partition coefficient (Wildman–Crippen LogP) is 2.41. The quantitative estimate of drug-likeness (QED) is 0.831. The zero-order valence-corrected chi connectivity index (χ0v) is 10.7. The highest BCUT2D eigenvalue weighted by Gasteiger charge is 2.36. The van der Waals surface area contributed by atoms with E-state index in [1.54, 1.807) is 7.11 Å². The van der Waals surface area contributed by atoms with Crippen LogP contribution in [0.25, 0.3) is 0 Å². The molecule has 2 aliphatic rings. The van der Waals surface area contributed by atoms with Gasteiger partial charge in [0.05, 0.1) is 7.11 Å². The molecular weight excluding hydrogens is 226 g/mol. The minimum atomic E-state index is 0.206. The molecule has 2 atom stereocenters. The van der Waals surface area contributed by atoms with E-state index in [0.29, 0.717) is 17.9 Å². The summed E-state index contributed by atoms with van der Waals surface area (Å²) in [5, 5.41) is 3.57. The standard InChI is InChI=1S/C15H19NO2/c1-18-14-6-2-10(3-7-14)15(17)11-8-12-4-5-13(9-11)16-12/h2-3,6-7,11-13,16H,4-5,8-9H2,1H3. The van der Waals surface area contributed by atoms with Crippen molar-refractivity contribution in [2.24, 2.45) is 5.92 Å². The Kier molecular flexibility index (Phi) is 3.08. The first kappa shape index (κ1) is 11.7. The molecule has 1 N–H and O–H groups in total. The van der Waals surface area contributed by atoms with Crippen molar-refractivity contribution in [3.8, 4) is 5.75 Å². The number of Topliss-reactive ketones (excluding diaryl/α,β-unsaturated/α-hetero) is 1. The van der Waals surface area contributed by atoms with Crippen LogP contribution in [0.15, 0.2) is 24.3 Å². The molecule has 2 bridgehead atoms. The van der Waals surface area contributed by atoms with Crippen molar-refractivity contribution in [3.05, 3.63) is 29.8 Å². The number of ketones is 1. The normalized spacial score (nSPS) is 30.2. The molecule has 0 radical (unpaired) electrons. The Morgan fingerprint density at radius 1 is 1.17 bits per heavy atom. The molecule has 2 heterocycles. The SMILES string of the molecule is COc1ccc(C(=O)C2CC3CCC(C2)N3)cc1. The number of hydrogen-bond donors (Lipinski definition) is 1. The summed E-state index contributed by atoms with van der Waals surface area (Å²) in [6.07, 6.45) is 4.47. The number of carbonyl (C=O) groups is 1. The second kappa shape index (κ2) is 4.73. The monoisotopic (exact) mass is 245 g/mol. The van der Waals surface area contributed by atoms with Crippen molar-refractivity contribution >= 4 is 5.78 Å². The van der Waals surface area contributed by atoms with Crippen molar-refractivity contribution < 1.29 is 9.53 Å². The van der Waals surface area contributed by atoms with Crippen molar-refractivity contribution in [1.82, 2.24) is 5.32 Å². The first-order chi connectivity index (χ1) is 8.76. The zero-order valence-electron chi connectivity index (χ0n) is 10.7. The summed E-state index contributed by atoms with van der Waals surface area (Å²) >= 11 is 0. The van der Waals surface area contributed by atoms with Gasteiger partial charge in [0.2, 0.25) is 0 Å². The van der Waals surface area contributed by atoms with Gasteiger partial charge in [-0.05, 0) is 49.9 Å². The molecule has 0 aromatic heterocycles. The average molecular weight is 245 g/mol. The minimum Gasteiger partial charge on any atom is -0.497 e. The molecule has 1 aromatic rings. The molecule has 0 amide bonds. The van der Waals surface area contributed by atoms with Gasteiger partial charge in [0, 0.05) is 23.6 Å². The van der Waals surface area contributed by atoms with Crippen molar-refractivity contribution in [3.63, 3.8) is 0 Å². The third kappa shape index (κ3) is 2.15. The summed E-state index contributed by atoms with van der Waals surface area (Å²) in [6, 6.07) is 8.62. The van der Waals surface area contributed by atoms with E-state index in [1.807, 2.05) is 24.3 Å². The topological polar surface area (TPSA) is 38.3 Å². The van der Waals surface area contributed by atoms with E-state index >= 15 is 0 Å². The second-order valence-electron chi connectivity index (χ2n) is 5.40. The highest BCUT2D eigenvalue weighted by atomic mass is 16.5. The summed E-state index contributed by atoms with van der Waals surface area (Å²) in [5.74, 6) is 1.31. The van der Waals surface area contributed by atoms with E-state index < -0.39 is 0 Å². The van der Waals surface area contributed by atoms with Crippen LogP contribution in [0.5, 0.6) is 5.75 Å². The van der Waals surface area contributed by atoms with Crippen molar-refractivity contribution in [1.29, 1.82) is 0 Å². The molecule has 3 rings (SSSR count). The molecule has 3 heteroatoms. The van der Waals surface area contributed by atoms with Crippen LogP contribution in [0.1, 0.15) is 36.0 Å². The number of hydrogen-bond acceptors (Lipinski definition) is 3. The summed E-state index contributed by atoms with van der Waals surface area (Å²) in [6.45, 7) is 0. The number of piperidine rings is 1. The number of methoxy groups -OCH3 is 1. The molecule has 2 saturated heterocycles. The molecule has 1 aromatic carbocycles. The maximum absolute atomic E-state index is 12.4. The number of carbonyl (C=O) groups excluding carboxylic acids is 1. The lowest BCUT2D eigenvalue weighted by Gasteiger charge is -2.28. The van der Waals surface area contributed by atoms with Gasteiger partial charge in [-0.2, -0.15) is 0 Å². The van der Waals surface area contributed by atoms with E-state index in [2.05, 4.69) is 5.32 Å². The Bertz CT molecular complexity index is 428. The van der Waals surface area contributed by atoms with Gasteiger partial charge in [0.15, 0.2) is 5.78 Å². The van der Waals surface area contributed by atoms with Gasteiger partial charge in [-0.3, -0.25) is 4.79 Å². The van der Waals surface area contributed by atoms with Gasteiger partial charge in [-0.15, -0.1) is 0 Å². The molecule has 3 nitrogen and oxygen atoms in total. The van der Waals surface area contributed by atoms with Crippen LogP contribution in [0.4, 0.5) is 0 Å². The maximum atomic E-state index is 12.4. The lowest BCUT2D eigenvalue weighted by Crippen LogP contribution is -2.40. The molecule has 0 spiro atoms. The van der Waals surface area contributed by atoms with E-state index in [1.165, 1.54) is 12.8 Å². The number of fused-ring (bicyclic) bond motifs is 2. The van der Waals surface area contributed by atoms with E-state index in [-0.39, 0.29) is 5.92 Å². The van der Waals surface area contributed by atoms with Crippen LogP contribution in [-0.2, 0) is 0 Å². The molecule has 96 valence electrons. The first-order valence-electron chi connectivity index (χ1n) is 6.70. The largest absolute Gasteiger partial charge is 0.497 e. The Morgan fingerprint density at radius 3 is 2.33 bits per heavy atom. The number of nitrogens with one attached hydrogen (secondary N) is 1. The lowest BCUT2D eigenvalue weighted by atomic mass is 9.86. The maximum Gasteiger partial charge on any atom is 0.166 e. The fourth-order valence-corrected chi connectivity index (χ4v) is 3.26. The lowest BCUT2D eigenvalue weighted by molar-refractivity contribution is 0.0875. The minimum absolute atomic E-state index is 0.206. The Balaban J connectivity index is 1.73. The number of rotatable bonds is 3. The van der Waals surface area contributed by atoms with Crippen molar-refractivity contribution in [2.45, 2.75) is 37.8 Å². The molecule has 0 saturated carbocycles. The van der Waals surface area contributed by atoms with Crippen LogP contribution in [0, 0.1) is 5.92 Å². The third-order valence-electron chi connectivity index (χ3n) is 4.22. The van der Waals surface area contributed by atoms with E-state index in [9.17, 15) is 4.79 Å². The highest BCUT2D eigenvalue weighted by molar-refractivity contribution is 5.98. The van der Waals surface area contributed by atoms with Crippen LogP contribution < -0.4 is 10.1 Å².